The van der Waals surface area contributed by atoms with E-state index in [4.69, 9.17) is 0 Å². The van der Waals surface area contributed by atoms with Gasteiger partial charge >= 0.3 is 0 Å². The highest BCUT2D eigenvalue weighted by Gasteiger charge is 2.25. The van der Waals surface area contributed by atoms with E-state index in [0.717, 1.165) is 18.3 Å². The Hall–Kier alpha value is -1.13. The fourth-order valence-electron chi connectivity index (χ4n) is 2.04. The topological polar surface area (TPSA) is 29.9 Å². The van der Waals surface area contributed by atoms with E-state index >= 15 is 0 Å². The largest absolute Gasteiger partial charge is 0.336 e. The van der Waals surface area contributed by atoms with Gasteiger partial charge in [0, 0.05) is 24.3 Å². The molecule has 1 atom stereocenters. The Labute approximate surface area is 106 Å². The highest BCUT2D eigenvalue weighted by molar-refractivity contribution is 7.10. The molecule has 2 aromatic rings. The van der Waals surface area contributed by atoms with Crippen LogP contribution in [0.5, 0.6) is 0 Å². The summed E-state index contributed by atoms with van der Waals surface area (Å²) in [6, 6.07) is 4.54. The van der Waals surface area contributed by atoms with Crippen LogP contribution in [0, 0.1) is 5.92 Å². The van der Waals surface area contributed by atoms with E-state index in [-0.39, 0.29) is 6.04 Å². The van der Waals surface area contributed by atoms with Crippen molar-refractivity contribution in [1.29, 1.82) is 0 Å². The Morgan fingerprint density at radius 2 is 2.47 bits per heavy atom. The van der Waals surface area contributed by atoms with Crippen molar-refractivity contribution in [3.05, 3.63) is 40.6 Å². The first kappa shape index (κ1) is 11.0. The van der Waals surface area contributed by atoms with Crippen LogP contribution in [0.1, 0.15) is 29.6 Å². The van der Waals surface area contributed by atoms with Crippen molar-refractivity contribution in [2.75, 3.05) is 6.54 Å². The average molecular weight is 247 g/mol. The first-order chi connectivity index (χ1) is 8.34. The monoisotopic (exact) mass is 247 g/mol. The van der Waals surface area contributed by atoms with E-state index in [2.05, 4.69) is 39.4 Å². The van der Waals surface area contributed by atoms with Gasteiger partial charge in [-0.1, -0.05) is 6.07 Å². The predicted octanol–water partition coefficient (Wildman–Crippen LogP) is 2.57. The van der Waals surface area contributed by atoms with Gasteiger partial charge in [-0.15, -0.1) is 11.3 Å². The molecule has 1 saturated carbocycles. The zero-order valence-electron chi connectivity index (χ0n) is 9.97. The molecule has 0 amide bonds. The minimum Gasteiger partial charge on any atom is -0.336 e. The van der Waals surface area contributed by atoms with Crippen LogP contribution in [-0.4, -0.2) is 16.1 Å². The van der Waals surface area contributed by atoms with Crippen LogP contribution in [0.4, 0.5) is 0 Å². The number of hydrogen-bond donors (Lipinski definition) is 1. The Balaban J connectivity index is 1.82. The van der Waals surface area contributed by atoms with Crippen LogP contribution in [-0.2, 0) is 7.05 Å². The summed E-state index contributed by atoms with van der Waals surface area (Å²) >= 11 is 1.79. The third-order valence-electron chi connectivity index (χ3n) is 3.25. The zero-order chi connectivity index (χ0) is 11.7. The molecule has 17 heavy (non-hydrogen) atoms. The lowest BCUT2D eigenvalue weighted by atomic mass is 10.2. The van der Waals surface area contributed by atoms with Crippen molar-refractivity contribution < 1.29 is 0 Å². The normalized spacial score (nSPS) is 17.2. The van der Waals surface area contributed by atoms with Gasteiger partial charge in [0.05, 0.1) is 0 Å². The first-order valence-electron chi connectivity index (χ1n) is 6.08. The predicted molar refractivity (Wildman–Crippen MR) is 70.1 cm³/mol. The summed E-state index contributed by atoms with van der Waals surface area (Å²) in [5, 5.41) is 5.78. The van der Waals surface area contributed by atoms with Gasteiger partial charge in [0.15, 0.2) is 0 Å². The van der Waals surface area contributed by atoms with Gasteiger partial charge < -0.3 is 9.88 Å². The Kier molecular flexibility index (Phi) is 2.99. The maximum absolute atomic E-state index is 4.48. The minimum absolute atomic E-state index is 0.246. The zero-order valence-corrected chi connectivity index (χ0v) is 10.8. The highest BCUT2D eigenvalue weighted by Crippen LogP contribution is 2.30. The molecule has 0 spiro atoms. The fourth-order valence-corrected chi connectivity index (χ4v) is 2.83. The summed E-state index contributed by atoms with van der Waals surface area (Å²) in [5.74, 6) is 1.99. The molecule has 0 aromatic carbocycles. The molecular weight excluding hydrogens is 230 g/mol. The van der Waals surface area contributed by atoms with E-state index in [0.29, 0.717) is 0 Å². The van der Waals surface area contributed by atoms with Gasteiger partial charge in [0.25, 0.3) is 0 Å². The van der Waals surface area contributed by atoms with E-state index < -0.39 is 0 Å². The standard InChI is InChI=1S/C13H17N3S/c1-16-7-6-14-13(16)12(11-3-2-8-17-11)15-9-10-4-5-10/h2-3,6-8,10,12,15H,4-5,9H2,1H3. The van der Waals surface area contributed by atoms with Gasteiger partial charge in [0.2, 0.25) is 0 Å². The molecule has 90 valence electrons. The molecule has 4 heteroatoms. The number of thiophene rings is 1. The van der Waals surface area contributed by atoms with E-state index in [9.17, 15) is 0 Å². The van der Waals surface area contributed by atoms with Crippen LogP contribution in [0.2, 0.25) is 0 Å². The molecule has 1 aliphatic carbocycles. The van der Waals surface area contributed by atoms with Crippen molar-refractivity contribution >= 4 is 11.3 Å². The van der Waals surface area contributed by atoms with Gasteiger partial charge in [-0.25, -0.2) is 4.98 Å². The summed E-state index contributed by atoms with van der Waals surface area (Å²) in [6.45, 7) is 1.11. The Morgan fingerprint density at radius 3 is 3.06 bits per heavy atom. The van der Waals surface area contributed by atoms with Crippen molar-refractivity contribution in [2.45, 2.75) is 18.9 Å². The highest BCUT2D eigenvalue weighted by atomic mass is 32.1. The van der Waals surface area contributed by atoms with Crippen LogP contribution < -0.4 is 5.32 Å². The molecule has 0 saturated heterocycles. The maximum atomic E-state index is 4.48. The van der Waals surface area contributed by atoms with E-state index in [1.807, 2.05) is 12.4 Å². The number of aryl methyl sites for hydroxylation is 1. The number of aromatic nitrogens is 2. The van der Waals surface area contributed by atoms with Gasteiger partial charge in [-0.3, -0.25) is 0 Å². The lowest BCUT2D eigenvalue weighted by Gasteiger charge is -2.17. The molecule has 2 heterocycles. The quantitative estimate of drug-likeness (QED) is 0.880. The van der Waals surface area contributed by atoms with Crippen LogP contribution >= 0.6 is 11.3 Å². The molecule has 1 aliphatic rings. The second-order valence-corrected chi connectivity index (χ2v) is 5.68. The Bertz CT molecular complexity index is 471. The summed E-state index contributed by atoms with van der Waals surface area (Å²) in [4.78, 5) is 5.82. The summed E-state index contributed by atoms with van der Waals surface area (Å²) < 4.78 is 2.10. The van der Waals surface area contributed by atoms with Crippen LogP contribution in [0.15, 0.2) is 29.9 Å². The smallest absolute Gasteiger partial charge is 0.131 e. The van der Waals surface area contributed by atoms with Gasteiger partial charge in [0.1, 0.15) is 11.9 Å². The van der Waals surface area contributed by atoms with Crippen molar-refractivity contribution in [3.63, 3.8) is 0 Å². The molecule has 2 aromatic heterocycles. The molecule has 1 N–H and O–H groups in total. The third kappa shape index (κ3) is 2.42. The average Bonchev–Trinajstić information content (AvgIpc) is 2.82. The summed E-state index contributed by atoms with van der Waals surface area (Å²) in [7, 11) is 2.06. The summed E-state index contributed by atoms with van der Waals surface area (Å²) in [5.41, 5.74) is 0. The van der Waals surface area contributed by atoms with Crippen molar-refractivity contribution in [3.8, 4) is 0 Å². The lowest BCUT2D eigenvalue weighted by molar-refractivity contribution is 0.543. The number of hydrogen-bond acceptors (Lipinski definition) is 3. The van der Waals surface area contributed by atoms with E-state index in [1.54, 1.807) is 11.3 Å². The van der Waals surface area contributed by atoms with Crippen molar-refractivity contribution in [2.24, 2.45) is 13.0 Å². The minimum atomic E-state index is 0.246. The molecule has 3 nitrogen and oxygen atoms in total. The van der Waals surface area contributed by atoms with Gasteiger partial charge in [-0.05, 0) is 36.8 Å². The number of nitrogens with one attached hydrogen (secondary N) is 1. The molecule has 3 rings (SSSR count). The van der Waals surface area contributed by atoms with Crippen LogP contribution in [0.25, 0.3) is 0 Å². The molecule has 0 radical (unpaired) electrons. The second-order valence-electron chi connectivity index (χ2n) is 4.70. The third-order valence-corrected chi connectivity index (χ3v) is 4.19. The SMILES string of the molecule is Cn1ccnc1C(NCC1CC1)c1cccs1. The number of nitrogens with zero attached hydrogens (tertiary/aromatic N) is 2. The molecule has 0 aliphatic heterocycles. The fraction of sp³-hybridized carbons (Fsp3) is 0.462. The maximum Gasteiger partial charge on any atom is 0.131 e. The molecular formula is C13H17N3S. The number of rotatable bonds is 5. The van der Waals surface area contributed by atoms with Gasteiger partial charge in [-0.2, -0.15) is 0 Å². The molecule has 0 bridgehead atoms. The second kappa shape index (κ2) is 4.63. The number of imidazole rings is 1. The lowest BCUT2D eigenvalue weighted by Crippen LogP contribution is -2.26. The van der Waals surface area contributed by atoms with E-state index in [1.165, 1.54) is 17.7 Å². The molecule has 1 fully saturated rings. The molecule has 1 unspecified atom stereocenters. The Morgan fingerprint density at radius 1 is 1.59 bits per heavy atom. The summed E-state index contributed by atoms with van der Waals surface area (Å²) in [6.07, 6.45) is 6.64. The van der Waals surface area contributed by atoms with Crippen LogP contribution in [0.3, 0.4) is 0 Å². The first-order valence-corrected chi connectivity index (χ1v) is 6.96. The van der Waals surface area contributed by atoms with Crippen molar-refractivity contribution in [1.82, 2.24) is 14.9 Å².